The van der Waals surface area contributed by atoms with Crippen molar-refractivity contribution in [2.75, 3.05) is 41.0 Å². The van der Waals surface area contributed by atoms with Crippen LogP contribution in [0.5, 0.6) is 0 Å². The number of carboxylic acids is 1. The maximum absolute atomic E-state index is 12.8. The Balaban J connectivity index is 4.19. The van der Waals surface area contributed by atoms with Gasteiger partial charge in [0.15, 0.2) is 6.10 Å². The van der Waals surface area contributed by atoms with Crippen molar-refractivity contribution in [2.24, 2.45) is 0 Å². The zero-order valence-electron chi connectivity index (χ0n) is 41.8. The summed E-state index contributed by atoms with van der Waals surface area (Å²) in [5.74, 6) is -1.71. The molecule has 0 aromatic rings. The van der Waals surface area contributed by atoms with Gasteiger partial charge in [-0.05, 0) is 38.5 Å². The van der Waals surface area contributed by atoms with Gasteiger partial charge in [0.2, 0.25) is 0 Å². The number of carbonyl (C=O) groups is 3. The van der Waals surface area contributed by atoms with E-state index < -0.39 is 18.1 Å². The number of hydrogen-bond acceptors (Lipinski definition) is 7. The number of hydrogen-bond donors (Lipinski definition) is 0. The number of ether oxygens (including phenoxy) is 3. The average molecular weight is 878 g/mol. The van der Waals surface area contributed by atoms with Crippen molar-refractivity contribution in [3.63, 3.8) is 0 Å². The van der Waals surface area contributed by atoms with Crippen LogP contribution >= 0.6 is 0 Å². The summed E-state index contributed by atoms with van der Waals surface area (Å²) in [6, 6.07) is -0.722. The van der Waals surface area contributed by atoms with Crippen LogP contribution in [0.15, 0.2) is 12.2 Å². The van der Waals surface area contributed by atoms with Gasteiger partial charge >= 0.3 is 11.9 Å². The van der Waals surface area contributed by atoms with Crippen molar-refractivity contribution in [1.82, 2.24) is 0 Å². The number of nitrogens with zero attached hydrogens (tertiary/aromatic N) is 1. The molecule has 0 saturated heterocycles. The van der Waals surface area contributed by atoms with E-state index in [0.29, 0.717) is 12.8 Å². The highest BCUT2D eigenvalue weighted by molar-refractivity contribution is 5.70. The lowest BCUT2D eigenvalue weighted by molar-refractivity contribution is -0.889. The van der Waals surface area contributed by atoms with E-state index in [0.717, 1.165) is 38.5 Å². The highest BCUT2D eigenvalue weighted by Crippen LogP contribution is 2.17. The second kappa shape index (κ2) is 45.6. The molecule has 2 atom stereocenters. The van der Waals surface area contributed by atoms with Crippen LogP contribution in [-0.4, -0.2) is 75.5 Å². The number of aliphatic carboxylic acids is 1. The molecule has 366 valence electrons. The molecule has 0 aliphatic rings. The Bertz CT molecular complexity index is 1020. The number of unbranched alkanes of at least 4 members (excludes halogenated alkanes) is 33. The van der Waals surface area contributed by atoms with Crippen LogP contribution in [0.1, 0.15) is 264 Å². The summed E-state index contributed by atoms with van der Waals surface area (Å²) >= 11 is 0. The maximum atomic E-state index is 12.8. The predicted octanol–water partition coefficient (Wildman–Crippen LogP) is 14.1. The van der Waals surface area contributed by atoms with Gasteiger partial charge in [0.25, 0.3) is 0 Å². The number of likely N-dealkylation sites (N-methyl/N-ethyl adjacent to an activating group) is 1. The van der Waals surface area contributed by atoms with Gasteiger partial charge in [0.05, 0.1) is 40.3 Å². The molecule has 62 heavy (non-hydrogen) atoms. The predicted molar refractivity (Wildman–Crippen MR) is 259 cm³/mol. The monoisotopic (exact) mass is 878 g/mol. The lowest BCUT2D eigenvalue weighted by Gasteiger charge is -2.34. The van der Waals surface area contributed by atoms with E-state index in [2.05, 4.69) is 26.0 Å². The van der Waals surface area contributed by atoms with E-state index in [4.69, 9.17) is 14.2 Å². The Morgan fingerprint density at radius 2 is 0.806 bits per heavy atom. The van der Waals surface area contributed by atoms with Crippen molar-refractivity contribution in [2.45, 2.75) is 276 Å². The molecule has 0 fully saturated rings. The first-order valence-electron chi connectivity index (χ1n) is 26.7. The smallest absolute Gasteiger partial charge is 0.306 e. The quantitative estimate of drug-likeness (QED) is 0.0260. The molecule has 8 heteroatoms. The Kier molecular flexibility index (Phi) is 44.2. The number of carbonyl (C=O) groups excluding carboxylic acids is 3. The zero-order valence-corrected chi connectivity index (χ0v) is 41.8. The summed E-state index contributed by atoms with van der Waals surface area (Å²) in [4.78, 5) is 37.1. The molecule has 0 aliphatic heterocycles. The Morgan fingerprint density at radius 3 is 1.16 bits per heavy atom. The van der Waals surface area contributed by atoms with Crippen LogP contribution in [-0.2, 0) is 28.6 Å². The van der Waals surface area contributed by atoms with E-state index in [1.165, 1.54) is 193 Å². The third-order valence-corrected chi connectivity index (χ3v) is 12.4. The van der Waals surface area contributed by atoms with Crippen LogP contribution in [0.25, 0.3) is 0 Å². The summed E-state index contributed by atoms with van der Waals surface area (Å²) in [5.41, 5.74) is 0. The molecule has 0 N–H and O–H groups in total. The number of allylic oxidation sites excluding steroid dienone is 2. The molecule has 0 aromatic heterocycles. The lowest BCUT2D eigenvalue weighted by Crippen LogP contribution is -2.55. The Labute approximate surface area is 384 Å². The molecule has 0 heterocycles. The lowest BCUT2D eigenvalue weighted by atomic mass is 10.0. The molecule has 0 aromatic carbocycles. The first-order valence-corrected chi connectivity index (χ1v) is 26.7. The molecule has 2 unspecified atom stereocenters. The van der Waals surface area contributed by atoms with Crippen LogP contribution in [0.4, 0.5) is 0 Å². The van der Waals surface area contributed by atoms with E-state index in [1.807, 2.05) is 21.1 Å². The van der Waals surface area contributed by atoms with Crippen LogP contribution in [0.3, 0.4) is 0 Å². The summed E-state index contributed by atoms with van der Waals surface area (Å²) in [7, 11) is 5.43. The van der Waals surface area contributed by atoms with Crippen molar-refractivity contribution >= 4 is 17.9 Å². The normalized spacial score (nSPS) is 12.9. The second-order valence-electron chi connectivity index (χ2n) is 19.5. The first-order chi connectivity index (χ1) is 30.1. The Morgan fingerprint density at radius 1 is 0.468 bits per heavy atom. The second-order valence-corrected chi connectivity index (χ2v) is 19.5. The average Bonchev–Trinajstić information content (AvgIpc) is 3.23. The van der Waals surface area contributed by atoms with Gasteiger partial charge in [-0.2, -0.15) is 0 Å². The molecule has 0 saturated carbocycles. The fourth-order valence-corrected chi connectivity index (χ4v) is 8.25. The van der Waals surface area contributed by atoms with Gasteiger partial charge in [0.1, 0.15) is 12.6 Å². The summed E-state index contributed by atoms with van der Waals surface area (Å²) in [6.07, 6.45) is 51.0. The maximum Gasteiger partial charge on any atom is 0.306 e. The molecular formula is C54H103NO7. The summed E-state index contributed by atoms with van der Waals surface area (Å²) < 4.78 is 17.3. The summed E-state index contributed by atoms with van der Waals surface area (Å²) in [6.45, 7) is 4.71. The molecule has 0 amide bonds. The van der Waals surface area contributed by atoms with Crippen molar-refractivity contribution in [1.29, 1.82) is 0 Å². The SMILES string of the molecule is CCCCCCCCCC/C=C\CCCCCCCCCCCC(=O)OC(COCCC(C(=O)[O-])[N+](C)(C)C)COC(=O)CCCCCCCCCCCCCCCCCCC. The van der Waals surface area contributed by atoms with Crippen molar-refractivity contribution < 1.29 is 38.2 Å². The molecule has 8 nitrogen and oxygen atoms in total. The molecule has 0 aliphatic carbocycles. The topological polar surface area (TPSA) is 102 Å². The minimum Gasteiger partial charge on any atom is -0.544 e. The molecule has 0 rings (SSSR count). The third kappa shape index (κ3) is 43.3. The number of carboxylic acid groups (broad SMARTS) is 1. The zero-order chi connectivity index (χ0) is 45.6. The van der Waals surface area contributed by atoms with Crippen LogP contribution in [0.2, 0.25) is 0 Å². The van der Waals surface area contributed by atoms with Gasteiger partial charge in [-0.1, -0.05) is 219 Å². The molecule has 0 bridgehead atoms. The minimum atomic E-state index is -1.12. The fraction of sp³-hybridized carbons (Fsp3) is 0.907. The minimum absolute atomic E-state index is 0.0463. The number of quaternary nitrogens is 1. The first kappa shape index (κ1) is 60.1. The van der Waals surface area contributed by atoms with E-state index in [9.17, 15) is 19.5 Å². The summed E-state index contributed by atoms with van der Waals surface area (Å²) in [5, 5.41) is 11.7. The van der Waals surface area contributed by atoms with Crippen LogP contribution < -0.4 is 5.11 Å². The van der Waals surface area contributed by atoms with E-state index in [1.54, 1.807) is 0 Å². The highest BCUT2D eigenvalue weighted by Gasteiger charge is 2.25. The van der Waals surface area contributed by atoms with E-state index >= 15 is 0 Å². The fourth-order valence-electron chi connectivity index (χ4n) is 8.25. The standard InChI is InChI=1S/C54H103NO7/c1-6-8-10-12-14-16-18-20-22-24-25-26-27-29-31-33-35-37-39-41-43-45-53(57)62-50(48-60-47-46-51(54(58)59)55(3,4)5)49-61-52(56)44-42-40-38-36-34-32-30-28-23-21-19-17-15-13-11-9-7-2/h24-25,50-51H,6-23,26-49H2,1-5H3/b25-24-. The van der Waals surface area contributed by atoms with Gasteiger partial charge in [-0.15, -0.1) is 0 Å². The van der Waals surface area contributed by atoms with Gasteiger partial charge in [-0.3, -0.25) is 9.59 Å². The largest absolute Gasteiger partial charge is 0.544 e. The molecule has 0 radical (unpaired) electrons. The van der Waals surface area contributed by atoms with Gasteiger partial charge in [-0.25, -0.2) is 0 Å². The van der Waals surface area contributed by atoms with E-state index in [-0.39, 0.29) is 42.7 Å². The highest BCUT2D eigenvalue weighted by atomic mass is 16.6. The third-order valence-electron chi connectivity index (χ3n) is 12.4. The van der Waals surface area contributed by atoms with Crippen LogP contribution in [0, 0.1) is 0 Å². The van der Waals surface area contributed by atoms with Gasteiger partial charge < -0.3 is 28.6 Å². The Hall–Kier alpha value is -1.93. The number of rotatable bonds is 49. The van der Waals surface area contributed by atoms with Crippen molar-refractivity contribution in [3.8, 4) is 0 Å². The molecular weight excluding hydrogens is 775 g/mol. The molecule has 0 spiro atoms. The van der Waals surface area contributed by atoms with Crippen molar-refractivity contribution in [3.05, 3.63) is 12.2 Å². The number of esters is 2. The van der Waals surface area contributed by atoms with Gasteiger partial charge in [0, 0.05) is 19.3 Å².